The third-order valence-electron chi connectivity index (χ3n) is 3.41. The number of nitrogens with zero attached hydrogens (tertiary/aromatic N) is 2. The third-order valence-corrected chi connectivity index (χ3v) is 6.03. The summed E-state index contributed by atoms with van der Waals surface area (Å²) in [5.41, 5.74) is 0. The molecule has 1 aliphatic heterocycles. The van der Waals surface area contributed by atoms with Crippen molar-refractivity contribution in [2.24, 2.45) is 0 Å². The Hall–Kier alpha value is -0.820. The van der Waals surface area contributed by atoms with E-state index in [9.17, 15) is 13.2 Å². The Morgan fingerprint density at radius 2 is 2.00 bits per heavy atom. The normalized spacial score (nSPS) is 19.7. The summed E-state index contributed by atoms with van der Waals surface area (Å²) in [6, 6.07) is 3.60. The van der Waals surface area contributed by atoms with Gasteiger partial charge in [0, 0.05) is 25.7 Å². The number of carbonyl (C=O) groups is 1. The number of rotatable bonds is 3. The lowest BCUT2D eigenvalue weighted by Gasteiger charge is -2.26. The minimum Gasteiger partial charge on any atom is -0.347 e. The van der Waals surface area contributed by atoms with Crippen molar-refractivity contribution < 1.29 is 13.2 Å². The maximum Gasteiger partial charge on any atom is 0.245 e. The molecule has 1 saturated heterocycles. The number of benzene rings is 1. The fourth-order valence-corrected chi connectivity index (χ4v) is 4.76. The Morgan fingerprint density at radius 1 is 1.33 bits per heavy atom. The molecule has 0 spiro atoms. The van der Waals surface area contributed by atoms with Crippen LogP contribution in [0.15, 0.2) is 23.1 Å². The van der Waals surface area contributed by atoms with Crippen molar-refractivity contribution in [2.45, 2.75) is 23.8 Å². The minimum absolute atomic E-state index is 0.0601. The number of likely N-dealkylation sites (N-methyl/N-ethyl adjacent to an activating group) is 1. The summed E-state index contributed by atoms with van der Waals surface area (Å²) in [5, 5.41) is 0.384. The van der Waals surface area contributed by atoms with E-state index in [1.807, 2.05) is 0 Å². The van der Waals surface area contributed by atoms with Crippen molar-refractivity contribution in [1.82, 2.24) is 9.21 Å². The number of sulfonamides is 1. The van der Waals surface area contributed by atoms with Gasteiger partial charge in [0.25, 0.3) is 0 Å². The fourth-order valence-electron chi connectivity index (χ4n) is 2.37. The Balaban J connectivity index is 2.43. The molecule has 116 valence electrons. The molecule has 1 aromatic carbocycles. The number of carbonyl (C=O) groups excluding carboxylic acids is 1. The molecule has 0 aromatic heterocycles. The van der Waals surface area contributed by atoms with Gasteiger partial charge in [-0.15, -0.1) is 0 Å². The average molecular weight is 351 g/mol. The van der Waals surface area contributed by atoms with E-state index >= 15 is 0 Å². The zero-order valence-corrected chi connectivity index (χ0v) is 14.0. The summed E-state index contributed by atoms with van der Waals surface area (Å²) in [6.07, 6.45) is 1.15. The monoisotopic (exact) mass is 350 g/mol. The first-order chi connectivity index (χ1) is 9.75. The van der Waals surface area contributed by atoms with Crippen LogP contribution in [0.5, 0.6) is 0 Å². The van der Waals surface area contributed by atoms with Crippen molar-refractivity contribution in [2.75, 3.05) is 20.6 Å². The van der Waals surface area contributed by atoms with Gasteiger partial charge in [-0.05, 0) is 31.0 Å². The molecule has 0 radical (unpaired) electrons. The predicted octanol–water partition coefficient (Wildman–Crippen LogP) is 2.23. The van der Waals surface area contributed by atoms with Gasteiger partial charge in [0.1, 0.15) is 10.9 Å². The van der Waals surface area contributed by atoms with E-state index in [1.54, 1.807) is 14.1 Å². The van der Waals surface area contributed by atoms with Crippen LogP contribution in [0.2, 0.25) is 10.0 Å². The Labute approximate surface area is 134 Å². The zero-order chi connectivity index (χ0) is 15.8. The van der Waals surface area contributed by atoms with Crippen LogP contribution in [0.25, 0.3) is 0 Å². The summed E-state index contributed by atoms with van der Waals surface area (Å²) in [6.45, 7) is 0.301. The van der Waals surface area contributed by atoms with Crippen molar-refractivity contribution >= 4 is 39.1 Å². The van der Waals surface area contributed by atoms with Gasteiger partial charge < -0.3 is 4.90 Å². The predicted molar refractivity (Wildman–Crippen MR) is 82.1 cm³/mol. The van der Waals surface area contributed by atoms with Gasteiger partial charge in [-0.25, -0.2) is 8.42 Å². The molecule has 0 saturated carbocycles. The Kier molecular flexibility index (Phi) is 4.82. The molecule has 0 N–H and O–H groups in total. The summed E-state index contributed by atoms with van der Waals surface area (Å²) in [7, 11) is -0.632. The summed E-state index contributed by atoms with van der Waals surface area (Å²) in [4.78, 5) is 13.5. The van der Waals surface area contributed by atoms with E-state index < -0.39 is 16.1 Å². The number of halogens is 2. The molecule has 1 fully saturated rings. The lowest BCUT2D eigenvalue weighted by molar-refractivity contribution is -0.132. The molecule has 0 unspecified atom stereocenters. The summed E-state index contributed by atoms with van der Waals surface area (Å²) < 4.78 is 26.7. The first kappa shape index (κ1) is 16.5. The minimum atomic E-state index is -3.85. The van der Waals surface area contributed by atoms with Gasteiger partial charge in [-0.2, -0.15) is 4.31 Å². The van der Waals surface area contributed by atoms with Gasteiger partial charge in [-0.1, -0.05) is 23.2 Å². The van der Waals surface area contributed by atoms with E-state index in [-0.39, 0.29) is 20.8 Å². The molecule has 5 nitrogen and oxygen atoms in total. The molecule has 2 rings (SSSR count). The van der Waals surface area contributed by atoms with Crippen molar-refractivity contribution in [3.05, 3.63) is 28.2 Å². The molecular weight excluding hydrogens is 335 g/mol. The largest absolute Gasteiger partial charge is 0.347 e. The second-order valence-corrected chi connectivity index (χ2v) is 7.78. The quantitative estimate of drug-likeness (QED) is 0.839. The second-order valence-electron chi connectivity index (χ2n) is 5.08. The molecule has 1 aliphatic rings. The number of hydrogen-bond donors (Lipinski definition) is 0. The van der Waals surface area contributed by atoms with Gasteiger partial charge in [0.2, 0.25) is 15.9 Å². The van der Waals surface area contributed by atoms with Crippen LogP contribution in [0.1, 0.15) is 12.8 Å². The van der Waals surface area contributed by atoms with Crippen LogP contribution in [0.3, 0.4) is 0 Å². The van der Waals surface area contributed by atoms with Crippen LogP contribution in [-0.2, 0) is 14.8 Å². The summed E-state index contributed by atoms with van der Waals surface area (Å²) in [5.74, 6) is -0.228. The first-order valence-corrected chi connectivity index (χ1v) is 8.63. The fraction of sp³-hybridized carbons (Fsp3) is 0.462. The lowest BCUT2D eigenvalue weighted by Crippen LogP contribution is -2.45. The summed E-state index contributed by atoms with van der Waals surface area (Å²) >= 11 is 11.9. The molecule has 8 heteroatoms. The lowest BCUT2D eigenvalue weighted by atomic mass is 10.2. The van der Waals surface area contributed by atoms with Gasteiger partial charge in [0.05, 0.1) is 5.02 Å². The molecule has 0 aliphatic carbocycles. The first-order valence-electron chi connectivity index (χ1n) is 6.43. The maximum absolute atomic E-state index is 12.8. The van der Waals surface area contributed by atoms with Crippen LogP contribution >= 0.6 is 23.2 Å². The van der Waals surface area contributed by atoms with Crippen LogP contribution in [0.4, 0.5) is 0 Å². The van der Waals surface area contributed by atoms with E-state index in [1.165, 1.54) is 27.4 Å². The van der Waals surface area contributed by atoms with Crippen molar-refractivity contribution in [3.8, 4) is 0 Å². The highest BCUT2D eigenvalue weighted by molar-refractivity contribution is 7.89. The van der Waals surface area contributed by atoms with E-state index in [0.717, 1.165) is 0 Å². The molecule has 21 heavy (non-hydrogen) atoms. The van der Waals surface area contributed by atoms with E-state index in [4.69, 9.17) is 23.2 Å². The highest BCUT2D eigenvalue weighted by Gasteiger charge is 2.40. The van der Waals surface area contributed by atoms with E-state index in [2.05, 4.69) is 0 Å². The Bertz CT molecular complexity index is 661. The zero-order valence-electron chi connectivity index (χ0n) is 11.7. The average Bonchev–Trinajstić information content (AvgIpc) is 2.90. The second kappa shape index (κ2) is 6.12. The van der Waals surface area contributed by atoms with Gasteiger partial charge in [-0.3, -0.25) is 4.79 Å². The molecular formula is C13H16Cl2N2O3S. The molecule has 1 amide bonds. The topological polar surface area (TPSA) is 57.7 Å². The smallest absolute Gasteiger partial charge is 0.245 e. The van der Waals surface area contributed by atoms with Gasteiger partial charge >= 0.3 is 0 Å². The number of amides is 1. The number of hydrogen-bond acceptors (Lipinski definition) is 3. The van der Waals surface area contributed by atoms with Crippen LogP contribution in [-0.4, -0.2) is 50.2 Å². The van der Waals surface area contributed by atoms with Crippen LogP contribution < -0.4 is 0 Å². The van der Waals surface area contributed by atoms with Crippen molar-refractivity contribution in [3.63, 3.8) is 0 Å². The van der Waals surface area contributed by atoms with Crippen molar-refractivity contribution in [1.29, 1.82) is 0 Å². The third kappa shape index (κ3) is 3.18. The van der Waals surface area contributed by atoms with Gasteiger partial charge in [0.15, 0.2) is 0 Å². The molecule has 1 heterocycles. The highest BCUT2D eigenvalue weighted by Crippen LogP contribution is 2.32. The van der Waals surface area contributed by atoms with Crippen LogP contribution in [0, 0.1) is 0 Å². The molecule has 1 atom stereocenters. The SMILES string of the molecule is CN(C)C(=O)[C@@H]1CCCN1S(=O)(=O)c1cc(Cl)ccc1Cl. The Morgan fingerprint density at radius 3 is 2.62 bits per heavy atom. The standard InChI is InChI=1S/C13H16Cl2N2O3S/c1-16(2)13(18)11-4-3-7-17(11)21(19,20)12-8-9(14)5-6-10(12)15/h5-6,8,11H,3-4,7H2,1-2H3/t11-/m0/s1. The maximum atomic E-state index is 12.8. The molecule has 0 bridgehead atoms. The highest BCUT2D eigenvalue weighted by atomic mass is 35.5. The molecule has 1 aromatic rings. The van der Waals surface area contributed by atoms with E-state index in [0.29, 0.717) is 19.4 Å².